The van der Waals surface area contributed by atoms with Crippen LogP contribution in [0.2, 0.25) is 0 Å². The lowest BCUT2D eigenvalue weighted by Crippen LogP contribution is -1.99. The summed E-state index contributed by atoms with van der Waals surface area (Å²) in [5, 5.41) is 9.44. The van der Waals surface area contributed by atoms with Gasteiger partial charge in [0.1, 0.15) is 12.0 Å². The lowest BCUT2D eigenvalue weighted by atomic mass is 9.97. The van der Waals surface area contributed by atoms with Crippen LogP contribution in [0.5, 0.6) is 5.75 Å². The lowest BCUT2D eigenvalue weighted by molar-refractivity contribution is -0.108. The maximum atomic E-state index is 10.6. The van der Waals surface area contributed by atoms with E-state index in [1.54, 1.807) is 25.1 Å². The average molecular weight is 199 g/mol. The van der Waals surface area contributed by atoms with E-state index in [-0.39, 0.29) is 17.5 Å². The van der Waals surface area contributed by atoms with Crippen LogP contribution in [0.4, 0.5) is 0 Å². The van der Waals surface area contributed by atoms with E-state index in [0.717, 1.165) is 11.8 Å². The molecule has 1 atom stereocenters. The van der Waals surface area contributed by atoms with Gasteiger partial charge in [0, 0.05) is 11.5 Å². The standard InChI is InChI=1S/C10H11ClO2/c1-7(6-12)8-3-2-4-10(13)9(8)5-11/h2-4,6-7,13H,5H2,1H3. The molecule has 1 aromatic rings. The molecular formula is C10H11ClO2. The third-order valence-electron chi connectivity index (χ3n) is 2.02. The molecule has 0 aliphatic carbocycles. The second kappa shape index (κ2) is 4.28. The van der Waals surface area contributed by atoms with Crippen molar-refractivity contribution in [3.63, 3.8) is 0 Å². The van der Waals surface area contributed by atoms with Gasteiger partial charge in [0.2, 0.25) is 0 Å². The van der Waals surface area contributed by atoms with Gasteiger partial charge in [-0.05, 0) is 11.6 Å². The summed E-state index contributed by atoms with van der Waals surface area (Å²) in [4.78, 5) is 10.6. The van der Waals surface area contributed by atoms with Crippen LogP contribution in [0.1, 0.15) is 24.0 Å². The van der Waals surface area contributed by atoms with Crippen LogP contribution in [0.3, 0.4) is 0 Å². The molecule has 0 aromatic heterocycles. The highest BCUT2D eigenvalue weighted by Crippen LogP contribution is 2.27. The smallest absolute Gasteiger partial charge is 0.127 e. The van der Waals surface area contributed by atoms with E-state index in [1.807, 2.05) is 0 Å². The Kier molecular flexibility index (Phi) is 3.32. The molecule has 70 valence electrons. The van der Waals surface area contributed by atoms with Crippen molar-refractivity contribution in [2.24, 2.45) is 0 Å². The van der Waals surface area contributed by atoms with Gasteiger partial charge in [-0.25, -0.2) is 0 Å². The van der Waals surface area contributed by atoms with Gasteiger partial charge in [-0.1, -0.05) is 19.1 Å². The van der Waals surface area contributed by atoms with Gasteiger partial charge in [0.05, 0.1) is 5.88 Å². The molecule has 1 aromatic carbocycles. The molecule has 0 aliphatic heterocycles. The molecule has 0 aliphatic rings. The third-order valence-corrected chi connectivity index (χ3v) is 2.28. The number of phenols is 1. The molecule has 2 nitrogen and oxygen atoms in total. The zero-order valence-electron chi connectivity index (χ0n) is 7.33. The van der Waals surface area contributed by atoms with Crippen molar-refractivity contribution in [2.75, 3.05) is 0 Å². The quantitative estimate of drug-likeness (QED) is 0.598. The van der Waals surface area contributed by atoms with E-state index in [2.05, 4.69) is 0 Å². The fourth-order valence-electron chi connectivity index (χ4n) is 1.24. The van der Waals surface area contributed by atoms with E-state index < -0.39 is 0 Å². The van der Waals surface area contributed by atoms with Crippen LogP contribution in [-0.4, -0.2) is 11.4 Å². The van der Waals surface area contributed by atoms with Crippen molar-refractivity contribution in [2.45, 2.75) is 18.7 Å². The van der Waals surface area contributed by atoms with Crippen molar-refractivity contribution in [3.05, 3.63) is 29.3 Å². The van der Waals surface area contributed by atoms with Crippen molar-refractivity contribution >= 4 is 17.9 Å². The number of rotatable bonds is 3. The Morgan fingerprint density at radius 2 is 2.31 bits per heavy atom. The summed E-state index contributed by atoms with van der Waals surface area (Å²) in [6.07, 6.45) is 0.838. The molecule has 1 unspecified atom stereocenters. The molecule has 0 spiro atoms. The third kappa shape index (κ3) is 2.01. The number of halogens is 1. The molecule has 1 N–H and O–H groups in total. The average Bonchev–Trinajstić information content (AvgIpc) is 2.16. The first kappa shape index (κ1) is 10.1. The molecule has 0 amide bonds. The molecule has 0 radical (unpaired) electrons. The number of aromatic hydroxyl groups is 1. The molecule has 0 saturated carbocycles. The number of carbonyl (C=O) groups is 1. The SMILES string of the molecule is CC(C=O)c1cccc(O)c1CCl. The fraction of sp³-hybridized carbons (Fsp3) is 0.300. The van der Waals surface area contributed by atoms with Gasteiger partial charge in [-0.2, -0.15) is 0 Å². The summed E-state index contributed by atoms with van der Waals surface area (Å²) >= 11 is 5.66. The minimum absolute atomic E-state index is 0.154. The minimum Gasteiger partial charge on any atom is -0.508 e. The van der Waals surface area contributed by atoms with Crippen LogP contribution >= 0.6 is 11.6 Å². The highest BCUT2D eigenvalue weighted by atomic mass is 35.5. The summed E-state index contributed by atoms with van der Waals surface area (Å²) in [7, 11) is 0. The summed E-state index contributed by atoms with van der Waals surface area (Å²) in [5.41, 5.74) is 1.44. The van der Waals surface area contributed by atoms with Crippen molar-refractivity contribution in [1.82, 2.24) is 0 Å². The van der Waals surface area contributed by atoms with Crippen LogP contribution in [-0.2, 0) is 10.7 Å². The van der Waals surface area contributed by atoms with Gasteiger partial charge in [-0.15, -0.1) is 11.6 Å². The molecule has 3 heteroatoms. The lowest BCUT2D eigenvalue weighted by Gasteiger charge is -2.10. The maximum Gasteiger partial charge on any atom is 0.127 e. The zero-order chi connectivity index (χ0) is 9.84. The van der Waals surface area contributed by atoms with E-state index in [4.69, 9.17) is 11.6 Å². The fourth-order valence-corrected chi connectivity index (χ4v) is 1.53. The number of hydrogen-bond donors (Lipinski definition) is 1. The Labute approximate surface area is 82.2 Å². The number of hydrogen-bond acceptors (Lipinski definition) is 2. The van der Waals surface area contributed by atoms with E-state index >= 15 is 0 Å². The van der Waals surface area contributed by atoms with E-state index in [9.17, 15) is 9.90 Å². The largest absolute Gasteiger partial charge is 0.508 e. The predicted octanol–water partition coefficient (Wildman–Crippen LogP) is 2.43. The first-order valence-electron chi connectivity index (χ1n) is 4.02. The summed E-state index contributed by atoms with van der Waals surface area (Å²) < 4.78 is 0. The molecule has 13 heavy (non-hydrogen) atoms. The van der Waals surface area contributed by atoms with Crippen LogP contribution < -0.4 is 0 Å². The Morgan fingerprint density at radius 3 is 2.85 bits per heavy atom. The van der Waals surface area contributed by atoms with Crippen LogP contribution in [0, 0.1) is 0 Å². The minimum atomic E-state index is -0.221. The first-order chi connectivity index (χ1) is 6.20. The molecule has 0 bridgehead atoms. The normalized spacial score (nSPS) is 12.5. The molecule has 0 heterocycles. The molecular weight excluding hydrogens is 188 g/mol. The van der Waals surface area contributed by atoms with Gasteiger partial charge >= 0.3 is 0 Å². The number of carbonyl (C=O) groups excluding carboxylic acids is 1. The molecule has 1 rings (SSSR count). The Balaban J connectivity index is 3.19. The Bertz CT molecular complexity index is 310. The second-order valence-electron chi connectivity index (χ2n) is 2.90. The van der Waals surface area contributed by atoms with Crippen molar-refractivity contribution < 1.29 is 9.90 Å². The van der Waals surface area contributed by atoms with Crippen molar-refractivity contribution in [1.29, 1.82) is 0 Å². The van der Waals surface area contributed by atoms with Crippen molar-refractivity contribution in [3.8, 4) is 5.75 Å². The van der Waals surface area contributed by atoms with Gasteiger partial charge in [-0.3, -0.25) is 0 Å². The topological polar surface area (TPSA) is 37.3 Å². The molecule has 0 fully saturated rings. The van der Waals surface area contributed by atoms with Crippen LogP contribution in [0.25, 0.3) is 0 Å². The zero-order valence-corrected chi connectivity index (χ0v) is 8.08. The maximum absolute atomic E-state index is 10.6. The van der Waals surface area contributed by atoms with Gasteiger partial charge < -0.3 is 9.90 Å². The van der Waals surface area contributed by atoms with Gasteiger partial charge in [0.25, 0.3) is 0 Å². The number of benzene rings is 1. The number of phenolic OH excluding ortho intramolecular Hbond substituents is 1. The van der Waals surface area contributed by atoms with E-state index in [1.165, 1.54) is 0 Å². The van der Waals surface area contributed by atoms with Gasteiger partial charge in [0.15, 0.2) is 0 Å². The highest BCUT2D eigenvalue weighted by molar-refractivity contribution is 6.17. The Hall–Kier alpha value is -1.02. The van der Waals surface area contributed by atoms with Crippen LogP contribution in [0.15, 0.2) is 18.2 Å². The van der Waals surface area contributed by atoms with E-state index in [0.29, 0.717) is 5.56 Å². The number of alkyl halides is 1. The highest BCUT2D eigenvalue weighted by Gasteiger charge is 2.11. The monoisotopic (exact) mass is 198 g/mol. The Morgan fingerprint density at radius 1 is 1.62 bits per heavy atom. The summed E-state index contributed by atoms with van der Waals surface area (Å²) in [6.45, 7) is 1.78. The predicted molar refractivity (Wildman–Crippen MR) is 52.1 cm³/mol. The second-order valence-corrected chi connectivity index (χ2v) is 3.17. The molecule has 0 saturated heterocycles. The summed E-state index contributed by atoms with van der Waals surface area (Å²) in [5.74, 6) is 0.155. The number of aldehydes is 1. The summed E-state index contributed by atoms with van der Waals surface area (Å²) in [6, 6.07) is 5.08. The first-order valence-corrected chi connectivity index (χ1v) is 4.56.